The van der Waals surface area contributed by atoms with Crippen molar-refractivity contribution in [3.8, 4) is 5.88 Å². The Labute approximate surface area is 203 Å². The molecule has 0 bridgehead atoms. The van der Waals surface area contributed by atoms with E-state index in [0.29, 0.717) is 27.9 Å². The largest absolute Gasteiger partial charge is 0.494 e. The van der Waals surface area contributed by atoms with E-state index in [2.05, 4.69) is 9.71 Å². The second kappa shape index (κ2) is 9.12. The third-order valence-electron chi connectivity index (χ3n) is 5.64. The SMILES string of the molecule is Cc1ccc(N=C(c2ccccc2)c2c(O)[nH]c3ccc(NS(=O)(=O)c4ccccc4)cc23)cc1. The predicted octanol–water partition coefficient (Wildman–Crippen LogP) is 6.15. The Balaban J connectivity index is 1.65. The molecule has 3 N–H and O–H groups in total. The fraction of sp³-hybridized carbons (Fsp3) is 0.0357. The summed E-state index contributed by atoms with van der Waals surface area (Å²) in [5.41, 5.74) is 4.78. The summed E-state index contributed by atoms with van der Waals surface area (Å²) in [6, 6.07) is 30.7. The van der Waals surface area contributed by atoms with Gasteiger partial charge in [-0.25, -0.2) is 13.4 Å². The number of anilines is 1. The van der Waals surface area contributed by atoms with Crippen molar-refractivity contribution >= 4 is 38.0 Å². The number of nitrogens with zero attached hydrogens (tertiary/aromatic N) is 1. The number of aromatic hydroxyl groups is 1. The highest BCUT2D eigenvalue weighted by Crippen LogP contribution is 2.33. The average molecular weight is 482 g/mol. The summed E-state index contributed by atoms with van der Waals surface area (Å²) in [7, 11) is -3.77. The minimum absolute atomic E-state index is 0.0437. The fourth-order valence-electron chi connectivity index (χ4n) is 3.90. The molecular formula is C28H23N3O3S. The Bertz CT molecular complexity index is 1620. The van der Waals surface area contributed by atoms with Gasteiger partial charge in [0.05, 0.1) is 21.9 Å². The van der Waals surface area contributed by atoms with Crippen molar-refractivity contribution in [1.82, 2.24) is 4.98 Å². The maximum atomic E-state index is 12.9. The Morgan fingerprint density at radius 2 is 1.51 bits per heavy atom. The van der Waals surface area contributed by atoms with E-state index >= 15 is 0 Å². The maximum absolute atomic E-state index is 12.9. The van der Waals surface area contributed by atoms with Crippen LogP contribution < -0.4 is 4.72 Å². The number of hydrogen-bond acceptors (Lipinski definition) is 4. The van der Waals surface area contributed by atoms with Crippen LogP contribution in [0.5, 0.6) is 5.88 Å². The minimum Gasteiger partial charge on any atom is -0.494 e. The molecule has 7 heteroatoms. The van der Waals surface area contributed by atoms with E-state index in [1.54, 1.807) is 36.4 Å². The summed E-state index contributed by atoms with van der Waals surface area (Å²) in [5, 5.41) is 11.6. The summed E-state index contributed by atoms with van der Waals surface area (Å²) < 4.78 is 28.4. The standard InChI is InChI=1S/C28H23N3O3S/c1-19-12-14-21(15-13-19)29-27(20-8-4-2-5-9-20)26-24-18-22(16-17-25(24)30-28(26)32)31-35(33,34)23-10-6-3-7-11-23/h2-18,30-32H,1H3. The predicted molar refractivity (Wildman–Crippen MR) is 140 cm³/mol. The number of fused-ring (bicyclic) bond motifs is 1. The highest BCUT2D eigenvalue weighted by Gasteiger charge is 2.20. The van der Waals surface area contributed by atoms with Crippen LogP contribution in [0.2, 0.25) is 0 Å². The molecule has 5 aromatic rings. The molecular weight excluding hydrogens is 458 g/mol. The number of aromatic amines is 1. The highest BCUT2D eigenvalue weighted by molar-refractivity contribution is 7.92. The Hall–Kier alpha value is -4.36. The van der Waals surface area contributed by atoms with Gasteiger partial charge in [-0.05, 0) is 49.4 Å². The molecule has 0 spiro atoms. The molecule has 0 saturated carbocycles. The van der Waals surface area contributed by atoms with Gasteiger partial charge in [-0.1, -0.05) is 66.2 Å². The number of aromatic nitrogens is 1. The first-order valence-corrected chi connectivity index (χ1v) is 12.5. The van der Waals surface area contributed by atoms with Crippen LogP contribution in [0, 0.1) is 6.92 Å². The van der Waals surface area contributed by atoms with Crippen LogP contribution in [0.3, 0.4) is 0 Å². The van der Waals surface area contributed by atoms with Gasteiger partial charge in [0.15, 0.2) is 5.88 Å². The molecule has 4 aromatic carbocycles. The van der Waals surface area contributed by atoms with Crippen molar-refractivity contribution < 1.29 is 13.5 Å². The van der Waals surface area contributed by atoms with Crippen molar-refractivity contribution in [1.29, 1.82) is 0 Å². The zero-order valence-corrected chi connectivity index (χ0v) is 19.8. The molecule has 0 aliphatic heterocycles. The number of rotatable bonds is 6. The number of nitrogens with one attached hydrogen (secondary N) is 2. The summed E-state index contributed by atoms with van der Waals surface area (Å²) in [4.78, 5) is 8.03. The van der Waals surface area contributed by atoms with Crippen LogP contribution in [-0.4, -0.2) is 24.2 Å². The molecule has 1 heterocycles. The number of sulfonamides is 1. The molecule has 0 radical (unpaired) electrons. The van der Waals surface area contributed by atoms with Crippen LogP contribution in [0.1, 0.15) is 16.7 Å². The molecule has 0 aliphatic carbocycles. The molecule has 1 aromatic heterocycles. The Morgan fingerprint density at radius 3 is 2.20 bits per heavy atom. The van der Waals surface area contributed by atoms with E-state index in [0.717, 1.165) is 16.8 Å². The summed E-state index contributed by atoms with van der Waals surface area (Å²) in [5.74, 6) is -0.0437. The fourth-order valence-corrected chi connectivity index (χ4v) is 4.97. The van der Waals surface area contributed by atoms with Crippen LogP contribution in [0.25, 0.3) is 10.9 Å². The second-order valence-electron chi connectivity index (χ2n) is 8.19. The lowest BCUT2D eigenvalue weighted by atomic mass is 10.0. The molecule has 0 amide bonds. The zero-order valence-electron chi connectivity index (χ0n) is 18.9. The van der Waals surface area contributed by atoms with E-state index in [1.165, 1.54) is 12.1 Å². The minimum atomic E-state index is -3.77. The van der Waals surface area contributed by atoms with E-state index < -0.39 is 10.0 Å². The second-order valence-corrected chi connectivity index (χ2v) is 9.87. The lowest BCUT2D eigenvalue weighted by Crippen LogP contribution is -2.12. The first-order valence-electron chi connectivity index (χ1n) is 11.0. The molecule has 0 unspecified atom stereocenters. The van der Waals surface area contributed by atoms with Crippen LogP contribution in [0.4, 0.5) is 11.4 Å². The van der Waals surface area contributed by atoms with Crippen LogP contribution >= 0.6 is 0 Å². The molecule has 0 saturated heterocycles. The van der Waals surface area contributed by atoms with Crippen molar-refractivity contribution in [3.05, 3.63) is 120 Å². The molecule has 174 valence electrons. The lowest BCUT2D eigenvalue weighted by molar-refractivity contribution is 0.457. The molecule has 0 aliphatic rings. The van der Waals surface area contributed by atoms with E-state index in [-0.39, 0.29) is 10.8 Å². The third kappa shape index (κ3) is 4.67. The molecule has 35 heavy (non-hydrogen) atoms. The molecule has 6 nitrogen and oxygen atoms in total. The van der Waals surface area contributed by atoms with Gasteiger partial charge in [0.2, 0.25) is 0 Å². The van der Waals surface area contributed by atoms with Gasteiger partial charge in [-0.2, -0.15) is 0 Å². The van der Waals surface area contributed by atoms with Gasteiger partial charge in [-0.3, -0.25) is 4.72 Å². The van der Waals surface area contributed by atoms with Crippen LogP contribution in [0.15, 0.2) is 113 Å². The van der Waals surface area contributed by atoms with E-state index in [1.807, 2.05) is 61.5 Å². The van der Waals surface area contributed by atoms with Gasteiger partial charge in [0.25, 0.3) is 10.0 Å². The summed E-state index contributed by atoms with van der Waals surface area (Å²) >= 11 is 0. The number of hydrogen-bond donors (Lipinski definition) is 3. The van der Waals surface area contributed by atoms with Crippen molar-refractivity contribution in [2.45, 2.75) is 11.8 Å². The van der Waals surface area contributed by atoms with Crippen molar-refractivity contribution in [3.63, 3.8) is 0 Å². The van der Waals surface area contributed by atoms with Gasteiger partial charge in [-0.15, -0.1) is 0 Å². The van der Waals surface area contributed by atoms with Gasteiger partial charge in [0.1, 0.15) is 0 Å². The van der Waals surface area contributed by atoms with Crippen molar-refractivity contribution in [2.24, 2.45) is 4.99 Å². The molecule has 5 rings (SSSR count). The smallest absolute Gasteiger partial charge is 0.261 e. The molecule has 0 fully saturated rings. The first kappa shape index (κ1) is 22.4. The van der Waals surface area contributed by atoms with Crippen LogP contribution in [-0.2, 0) is 10.0 Å². The third-order valence-corrected chi connectivity index (χ3v) is 7.04. The zero-order chi connectivity index (χ0) is 24.4. The van der Waals surface area contributed by atoms with Gasteiger partial charge >= 0.3 is 0 Å². The Kier molecular flexibility index (Phi) is 5.84. The normalized spacial score (nSPS) is 12.1. The van der Waals surface area contributed by atoms with E-state index in [9.17, 15) is 13.5 Å². The lowest BCUT2D eigenvalue weighted by Gasteiger charge is -2.10. The topological polar surface area (TPSA) is 94.6 Å². The maximum Gasteiger partial charge on any atom is 0.261 e. The number of benzene rings is 4. The summed E-state index contributed by atoms with van der Waals surface area (Å²) in [6.07, 6.45) is 0. The highest BCUT2D eigenvalue weighted by atomic mass is 32.2. The quantitative estimate of drug-likeness (QED) is 0.254. The summed E-state index contributed by atoms with van der Waals surface area (Å²) in [6.45, 7) is 2.01. The number of H-pyrrole nitrogens is 1. The monoisotopic (exact) mass is 481 g/mol. The van der Waals surface area contributed by atoms with E-state index in [4.69, 9.17) is 4.99 Å². The first-order chi connectivity index (χ1) is 16.9. The molecule has 0 atom stereocenters. The average Bonchev–Trinajstić information content (AvgIpc) is 3.19. The van der Waals surface area contributed by atoms with Gasteiger partial charge in [0, 0.05) is 22.2 Å². The number of aryl methyl sites for hydroxylation is 1. The Morgan fingerprint density at radius 1 is 0.857 bits per heavy atom. The van der Waals surface area contributed by atoms with Crippen molar-refractivity contribution in [2.75, 3.05) is 4.72 Å². The van der Waals surface area contributed by atoms with Gasteiger partial charge < -0.3 is 10.1 Å². The number of aliphatic imine (C=N–C) groups is 1.